The number of nitrogens with zero attached hydrogens (tertiary/aromatic N) is 1. The Bertz CT molecular complexity index is 678. The lowest BCUT2D eigenvalue weighted by atomic mass is 10.2. The Labute approximate surface area is 149 Å². The van der Waals surface area contributed by atoms with Gasteiger partial charge in [0.2, 0.25) is 5.91 Å². The molecule has 1 rings (SSSR count). The van der Waals surface area contributed by atoms with Gasteiger partial charge in [0.25, 0.3) is 0 Å². The minimum absolute atomic E-state index is 0.140. The number of methoxy groups -OCH3 is 1. The highest BCUT2D eigenvalue weighted by Crippen LogP contribution is 2.36. The molecular formula is C16H21N3O5S. The first kappa shape index (κ1) is 20.4. The molecule has 0 spiro atoms. The van der Waals surface area contributed by atoms with E-state index in [9.17, 15) is 14.4 Å². The highest BCUT2D eigenvalue weighted by atomic mass is 32.1. The van der Waals surface area contributed by atoms with Crippen LogP contribution in [0.4, 0.5) is 4.79 Å². The van der Waals surface area contributed by atoms with Crippen LogP contribution in [0.5, 0.6) is 5.75 Å². The largest absolute Gasteiger partial charge is 0.465 e. The number of nitrogens with one attached hydrogen (secondary N) is 1. The second-order valence-corrected chi connectivity index (χ2v) is 6.33. The van der Waals surface area contributed by atoms with E-state index in [2.05, 4.69) is 16.1 Å². The molecule has 9 heteroatoms. The third-order valence-corrected chi connectivity index (χ3v) is 4.55. The Morgan fingerprint density at radius 3 is 2.60 bits per heavy atom. The van der Waals surface area contributed by atoms with Crippen LogP contribution < -0.4 is 15.8 Å². The predicted octanol–water partition coefficient (Wildman–Crippen LogP) is 2.04. The lowest BCUT2D eigenvalue weighted by molar-refractivity contribution is -0.117. The normalized spacial score (nSPS) is 9.96. The molecule has 0 radical (unpaired) electrons. The molecule has 0 aromatic carbocycles. The van der Waals surface area contributed by atoms with Gasteiger partial charge >= 0.3 is 12.1 Å². The van der Waals surface area contributed by atoms with Crippen molar-refractivity contribution in [2.45, 2.75) is 39.0 Å². The van der Waals surface area contributed by atoms with E-state index in [4.69, 9.17) is 15.7 Å². The summed E-state index contributed by atoms with van der Waals surface area (Å²) in [7, 11) is 1.24. The average molecular weight is 367 g/mol. The first-order chi connectivity index (χ1) is 11.9. The molecule has 136 valence electrons. The molecule has 0 aliphatic carbocycles. The molecule has 1 aromatic rings. The zero-order valence-corrected chi connectivity index (χ0v) is 15.0. The number of hydrogen-bond acceptors (Lipinski definition) is 7. The van der Waals surface area contributed by atoms with E-state index in [1.165, 1.54) is 7.11 Å². The number of ether oxygens (including phenoxy) is 2. The quantitative estimate of drug-likeness (QED) is 0.507. The first-order valence-electron chi connectivity index (χ1n) is 7.72. The van der Waals surface area contributed by atoms with E-state index in [0.717, 1.165) is 30.6 Å². The number of nitrogens with two attached hydrogens (primary N) is 1. The molecule has 3 N–H and O–H groups in total. The molecule has 0 aliphatic heterocycles. The number of nitriles is 1. The summed E-state index contributed by atoms with van der Waals surface area (Å²) in [5, 5.41) is 11.0. The number of carbonyl (C=O) groups is 3. The number of hydrogen-bond donors (Lipinski definition) is 2. The van der Waals surface area contributed by atoms with Gasteiger partial charge in [-0.05, 0) is 19.8 Å². The molecule has 2 amide bonds. The molecule has 1 aromatic heterocycles. The Hall–Kier alpha value is -2.60. The Balaban J connectivity index is 2.73. The Kier molecular flexibility index (Phi) is 8.43. The van der Waals surface area contributed by atoms with Crippen molar-refractivity contribution in [1.29, 1.82) is 5.26 Å². The summed E-state index contributed by atoms with van der Waals surface area (Å²) in [5.41, 5.74) is 5.63. The van der Waals surface area contributed by atoms with Crippen molar-refractivity contribution in [3.63, 3.8) is 0 Å². The second-order valence-electron chi connectivity index (χ2n) is 5.23. The van der Waals surface area contributed by atoms with E-state index < -0.39 is 18.0 Å². The van der Waals surface area contributed by atoms with Gasteiger partial charge in [0.15, 0.2) is 5.75 Å². The number of thiophene rings is 1. The van der Waals surface area contributed by atoms with Crippen LogP contribution in [0.2, 0.25) is 0 Å². The molecular weight excluding hydrogens is 346 g/mol. The molecule has 25 heavy (non-hydrogen) atoms. The summed E-state index contributed by atoms with van der Waals surface area (Å²) in [4.78, 5) is 35.5. The van der Waals surface area contributed by atoms with Crippen LogP contribution in [-0.4, -0.2) is 31.6 Å². The highest BCUT2D eigenvalue weighted by molar-refractivity contribution is 7.14. The van der Waals surface area contributed by atoms with Crippen molar-refractivity contribution >= 4 is 29.3 Å². The van der Waals surface area contributed by atoms with Crippen LogP contribution in [0.25, 0.3) is 0 Å². The lowest BCUT2D eigenvalue weighted by Crippen LogP contribution is -2.28. The monoisotopic (exact) mass is 367 g/mol. The third-order valence-electron chi connectivity index (χ3n) is 3.29. The Morgan fingerprint density at radius 2 is 2.00 bits per heavy atom. The third kappa shape index (κ3) is 6.43. The lowest BCUT2D eigenvalue weighted by Gasteiger charge is -2.08. The topological polar surface area (TPSA) is 132 Å². The van der Waals surface area contributed by atoms with Gasteiger partial charge in [-0.25, -0.2) is 9.59 Å². The summed E-state index contributed by atoms with van der Waals surface area (Å²) in [6.07, 6.45) is 2.00. The van der Waals surface area contributed by atoms with Crippen LogP contribution in [0.3, 0.4) is 0 Å². The maximum Gasteiger partial charge on any atom is 0.412 e. The summed E-state index contributed by atoms with van der Waals surface area (Å²) >= 11 is 1.02. The van der Waals surface area contributed by atoms with E-state index in [-0.39, 0.29) is 17.0 Å². The van der Waals surface area contributed by atoms with E-state index in [1.807, 2.05) is 0 Å². The number of primary amides is 1. The molecule has 0 saturated carbocycles. The second kappa shape index (κ2) is 10.3. The maximum atomic E-state index is 11.9. The molecule has 0 aliphatic rings. The molecule has 0 fully saturated rings. The van der Waals surface area contributed by atoms with Gasteiger partial charge in [0, 0.05) is 18.5 Å². The fourth-order valence-electron chi connectivity index (χ4n) is 2.08. The standard InChI is InChI=1S/C16H21N3O5S/c1-10-13(24-16(22)19-8-6-4-3-5-7-17)11(9-12(18)20)25-14(10)15(21)23-2/h3-6,8-9H2,1-2H3,(H2,18,20)(H,19,22). The number of esters is 1. The fourth-order valence-corrected chi connectivity index (χ4v) is 3.24. The molecule has 0 unspecified atom stereocenters. The molecule has 1 heterocycles. The number of amides is 2. The zero-order valence-electron chi connectivity index (χ0n) is 14.2. The van der Waals surface area contributed by atoms with Crippen molar-refractivity contribution in [2.75, 3.05) is 13.7 Å². The van der Waals surface area contributed by atoms with Crippen LogP contribution in [0, 0.1) is 18.3 Å². The summed E-state index contributed by atoms with van der Waals surface area (Å²) in [5.74, 6) is -1.01. The van der Waals surface area contributed by atoms with Crippen molar-refractivity contribution in [3.8, 4) is 11.8 Å². The van der Waals surface area contributed by atoms with Crippen LogP contribution in [0.15, 0.2) is 0 Å². The van der Waals surface area contributed by atoms with Gasteiger partial charge in [0.05, 0.1) is 24.5 Å². The van der Waals surface area contributed by atoms with Gasteiger partial charge in [-0.2, -0.15) is 5.26 Å². The van der Waals surface area contributed by atoms with E-state index >= 15 is 0 Å². The van der Waals surface area contributed by atoms with Gasteiger partial charge in [-0.1, -0.05) is 6.42 Å². The van der Waals surface area contributed by atoms with Gasteiger partial charge in [-0.15, -0.1) is 11.3 Å². The molecule has 8 nitrogen and oxygen atoms in total. The minimum atomic E-state index is -0.677. The minimum Gasteiger partial charge on any atom is -0.465 e. The number of unbranched alkanes of at least 4 members (excludes halogenated alkanes) is 3. The zero-order chi connectivity index (χ0) is 18.8. The van der Waals surface area contributed by atoms with Gasteiger partial charge in [-0.3, -0.25) is 4.79 Å². The summed E-state index contributed by atoms with van der Waals surface area (Å²) in [6, 6.07) is 2.06. The predicted molar refractivity (Wildman–Crippen MR) is 91.4 cm³/mol. The molecule has 0 bridgehead atoms. The van der Waals surface area contributed by atoms with Crippen LogP contribution >= 0.6 is 11.3 Å². The van der Waals surface area contributed by atoms with E-state index in [1.54, 1.807) is 6.92 Å². The maximum absolute atomic E-state index is 11.9. The van der Waals surface area contributed by atoms with Crippen molar-refractivity contribution < 1.29 is 23.9 Å². The van der Waals surface area contributed by atoms with Crippen LogP contribution in [-0.2, 0) is 16.0 Å². The van der Waals surface area contributed by atoms with E-state index in [0.29, 0.717) is 23.4 Å². The van der Waals surface area contributed by atoms with Gasteiger partial charge < -0.3 is 20.5 Å². The average Bonchev–Trinajstić information content (AvgIpc) is 2.86. The van der Waals surface area contributed by atoms with Crippen molar-refractivity contribution in [2.24, 2.45) is 5.73 Å². The van der Waals surface area contributed by atoms with Crippen molar-refractivity contribution in [1.82, 2.24) is 5.32 Å². The molecule has 0 atom stereocenters. The SMILES string of the molecule is COC(=O)c1sc(CC(N)=O)c(OC(=O)NCCCCCC#N)c1C. The van der Waals surface area contributed by atoms with Crippen molar-refractivity contribution in [3.05, 3.63) is 15.3 Å². The first-order valence-corrected chi connectivity index (χ1v) is 8.53. The summed E-state index contributed by atoms with van der Waals surface area (Å²) in [6.45, 7) is 2.01. The highest BCUT2D eigenvalue weighted by Gasteiger charge is 2.24. The molecule has 0 saturated heterocycles. The van der Waals surface area contributed by atoms with Gasteiger partial charge in [0.1, 0.15) is 4.88 Å². The van der Waals surface area contributed by atoms with Crippen LogP contribution in [0.1, 0.15) is 45.8 Å². The summed E-state index contributed by atoms with van der Waals surface area (Å²) < 4.78 is 9.96. The number of carbonyl (C=O) groups excluding carboxylic acids is 3. The Morgan fingerprint density at radius 1 is 1.28 bits per heavy atom. The smallest absolute Gasteiger partial charge is 0.412 e. The fraction of sp³-hybridized carbons (Fsp3) is 0.500. The number of rotatable bonds is 9.